The first-order chi connectivity index (χ1) is 9.27. The van der Waals surface area contributed by atoms with Crippen LogP contribution in [0.3, 0.4) is 0 Å². The third kappa shape index (κ3) is 3.71. The molecule has 6 heteroatoms. The molecule has 1 aliphatic carbocycles. The van der Waals surface area contributed by atoms with Gasteiger partial charge in [0, 0.05) is 14.1 Å². The van der Waals surface area contributed by atoms with Gasteiger partial charge in [0.1, 0.15) is 6.04 Å². The van der Waals surface area contributed by atoms with E-state index in [-0.39, 0.29) is 17.7 Å². The van der Waals surface area contributed by atoms with Gasteiger partial charge >= 0.3 is 5.97 Å². The van der Waals surface area contributed by atoms with Crippen molar-refractivity contribution < 1.29 is 19.5 Å². The third-order valence-electron chi connectivity index (χ3n) is 4.06. The van der Waals surface area contributed by atoms with E-state index in [1.54, 1.807) is 21.0 Å². The number of hydrogen-bond donors (Lipinski definition) is 2. The van der Waals surface area contributed by atoms with E-state index in [1.807, 2.05) is 6.92 Å². The normalized spacial score (nSPS) is 26.9. The van der Waals surface area contributed by atoms with Crippen molar-refractivity contribution in [3.8, 4) is 0 Å². The van der Waals surface area contributed by atoms with E-state index in [0.29, 0.717) is 12.8 Å². The molecular weight excluding hydrogens is 260 g/mol. The number of carbonyl (C=O) groups is 3. The zero-order valence-corrected chi connectivity index (χ0v) is 12.5. The van der Waals surface area contributed by atoms with Crippen LogP contribution in [0.1, 0.15) is 33.1 Å². The molecule has 0 spiro atoms. The molecule has 0 saturated heterocycles. The minimum absolute atomic E-state index is 0.199. The van der Waals surface area contributed by atoms with Crippen molar-refractivity contribution >= 4 is 17.8 Å². The summed E-state index contributed by atoms with van der Waals surface area (Å²) in [7, 11) is 3.24. The highest BCUT2D eigenvalue weighted by Crippen LogP contribution is 2.38. The van der Waals surface area contributed by atoms with Gasteiger partial charge in [-0.05, 0) is 25.7 Å². The highest BCUT2D eigenvalue weighted by atomic mass is 16.4. The molecule has 0 radical (unpaired) electrons. The Bertz CT molecular complexity index is 395. The molecule has 1 rings (SSSR count). The van der Waals surface area contributed by atoms with Crippen molar-refractivity contribution in [2.75, 3.05) is 14.1 Å². The minimum Gasteiger partial charge on any atom is -0.481 e. The first kappa shape index (κ1) is 16.5. The molecule has 0 aliphatic heterocycles. The maximum atomic E-state index is 12.2. The topological polar surface area (TPSA) is 86.7 Å². The van der Waals surface area contributed by atoms with Crippen molar-refractivity contribution in [2.24, 2.45) is 17.8 Å². The Kier molecular flexibility index (Phi) is 5.53. The molecule has 6 nitrogen and oxygen atoms in total. The van der Waals surface area contributed by atoms with Crippen LogP contribution in [0.15, 0.2) is 0 Å². The maximum Gasteiger partial charge on any atom is 0.307 e. The van der Waals surface area contributed by atoms with Gasteiger partial charge in [-0.15, -0.1) is 0 Å². The molecule has 1 fully saturated rings. The van der Waals surface area contributed by atoms with Crippen molar-refractivity contribution in [3.63, 3.8) is 0 Å². The van der Waals surface area contributed by atoms with Crippen LogP contribution < -0.4 is 5.32 Å². The molecule has 20 heavy (non-hydrogen) atoms. The molecular formula is C14H24N2O4. The summed E-state index contributed by atoms with van der Waals surface area (Å²) in [5.41, 5.74) is 0. The quantitative estimate of drug-likeness (QED) is 0.778. The SMILES string of the molecule is CCC1C[C@H](C(=O)NC(C)C(=O)N(C)C)[C@H](C(=O)O)C1. The van der Waals surface area contributed by atoms with Crippen LogP contribution in [0.4, 0.5) is 0 Å². The van der Waals surface area contributed by atoms with Crippen LogP contribution in [-0.4, -0.2) is 47.9 Å². The summed E-state index contributed by atoms with van der Waals surface area (Å²) in [6, 6.07) is -0.632. The van der Waals surface area contributed by atoms with Gasteiger partial charge < -0.3 is 15.3 Å². The molecule has 4 atom stereocenters. The second-order valence-corrected chi connectivity index (χ2v) is 5.76. The van der Waals surface area contributed by atoms with E-state index in [4.69, 9.17) is 0 Å². The minimum atomic E-state index is -0.923. The van der Waals surface area contributed by atoms with E-state index in [2.05, 4.69) is 5.32 Å². The van der Waals surface area contributed by atoms with E-state index in [0.717, 1.165) is 6.42 Å². The molecule has 0 bridgehead atoms. The fourth-order valence-electron chi connectivity index (χ4n) is 2.81. The standard InChI is InChI=1S/C14H24N2O4/c1-5-9-6-10(11(7-9)14(19)20)12(17)15-8(2)13(18)16(3)4/h8-11H,5-7H2,1-4H3,(H,15,17)(H,19,20)/t8?,9?,10-,11+/m0/s1. The molecule has 0 aromatic heterocycles. The highest BCUT2D eigenvalue weighted by Gasteiger charge is 2.42. The van der Waals surface area contributed by atoms with Gasteiger partial charge in [0.2, 0.25) is 11.8 Å². The second kappa shape index (κ2) is 6.72. The molecule has 2 amide bonds. The molecule has 0 aromatic rings. The molecule has 0 aromatic carbocycles. The summed E-state index contributed by atoms with van der Waals surface area (Å²) < 4.78 is 0. The number of nitrogens with zero attached hydrogens (tertiary/aromatic N) is 1. The van der Waals surface area contributed by atoms with Gasteiger partial charge in [-0.2, -0.15) is 0 Å². The summed E-state index contributed by atoms with van der Waals surface area (Å²) in [6.45, 7) is 3.62. The van der Waals surface area contributed by atoms with E-state index in [1.165, 1.54) is 4.90 Å². The third-order valence-corrected chi connectivity index (χ3v) is 4.06. The monoisotopic (exact) mass is 284 g/mol. The zero-order chi connectivity index (χ0) is 15.4. The number of rotatable bonds is 5. The summed E-state index contributed by atoms with van der Waals surface area (Å²) in [5, 5.41) is 11.9. The number of carboxylic acids is 1. The average Bonchev–Trinajstić information content (AvgIpc) is 2.81. The van der Waals surface area contributed by atoms with Gasteiger partial charge in [-0.1, -0.05) is 13.3 Å². The van der Waals surface area contributed by atoms with Gasteiger partial charge in [-0.3, -0.25) is 14.4 Å². The van der Waals surface area contributed by atoms with Crippen LogP contribution in [0, 0.1) is 17.8 Å². The van der Waals surface area contributed by atoms with E-state index >= 15 is 0 Å². The molecule has 2 unspecified atom stereocenters. The summed E-state index contributed by atoms with van der Waals surface area (Å²) in [6.07, 6.45) is 2.00. The Balaban J connectivity index is 2.70. The zero-order valence-electron chi connectivity index (χ0n) is 12.5. The molecule has 1 aliphatic rings. The molecule has 0 heterocycles. The molecule has 2 N–H and O–H groups in total. The Morgan fingerprint density at radius 2 is 1.80 bits per heavy atom. The number of hydrogen-bond acceptors (Lipinski definition) is 3. The smallest absolute Gasteiger partial charge is 0.307 e. The number of carboxylic acid groups (broad SMARTS) is 1. The lowest BCUT2D eigenvalue weighted by atomic mass is 9.95. The number of carbonyl (C=O) groups excluding carboxylic acids is 2. The predicted molar refractivity (Wildman–Crippen MR) is 73.9 cm³/mol. The molecule has 1 saturated carbocycles. The van der Waals surface area contributed by atoms with Crippen molar-refractivity contribution in [3.05, 3.63) is 0 Å². The highest BCUT2D eigenvalue weighted by molar-refractivity contribution is 5.90. The van der Waals surface area contributed by atoms with E-state index < -0.39 is 23.8 Å². The number of likely N-dealkylation sites (N-methyl/N-ethyl adjacent to an activating group) is 1. The first-order valence-electron chi connectivity index (χ1n) is 7.02. The maximum absolute atomic E-state index is 12.2. The van der Waals surface area contributed by atoms with Crippen LogP contribution in [0.25, 0.3) is 0 Å². The Labute approximate surface area is 119 Å². The fourth-order valence-corrected chi connectivity index (χ4v) is 2.81. The van der Waals surface area contributed by atoms with Gasteiger partial charge in [-0.25, -0.2) is 0 Å². The van der Waals surface area contributed by atoms with Crippen LogP contribution in [0.5, 0.6) is 0 Å². The number of amides is 2. The Morgan fingerprint density at radius 3 is 2.25 bits per heavy atom. The Morgan fingerprint density at radius 1 is 1.25 bits per heavy atom. The van der Waals surface area contributed by atoms with Crippen LogP contribution in [0.2, 0.25) is 0 Å². The molecule has 114 valence electrons. The lowest BCUT2D eigenvalue weighted by Crippen LogP contribution is -2.47. The second-order valence-electron chi connectivity index (χ2n) is 5.76. The largest absolute Gasteiger partial charge is 0.481 e. The lowest BCUT2D eigenvalue weighted by Gasteiger charge is -2.21. The fraction of sp³-hybridized carbons (Fsp3) is 0.786. The predicted octanol–water partition coefficient (Wildman–Crippen LogP) is 0.716. The Hall–Kier alpha value is -1.59. The first-order valence-corrected chi connectivity index (χ1v) is 7.02. The van der Waals surface area contributed by atoms with Gasteiger partial charge in [0.15, 0.2) is 0 Å². The number of nitrogens with one attached hydrogen (secondary N) is 1. The summed E-state index contributed by atoms with van der Waals surface area (Å²) in [4.78, 5) is 36.6. The van der Waals surface area contributed by atoms with Gasteiger partial charge in [0.25, 0.3) is 0 Å². The summed E-state index contributed by atoms with van der Waals surface area (Å²) in [5.74, 6) is -2.35. The van der Waals surface area contributed by atoms with Crippen molar-refractivity contribution in [2.45, 2.75) is 39.2 Å². The average molecular weight is 284 g/mol. The summed E-state index contributed by atoms with van der Waals surface area (Å²) >= 11 is 0. The van der Waals surface area contributed by atoms with E-state index in [9.17, 15) is 19.5 Å². The van der Waals surface area contributed by atoms with Gasteiger partial charge in [0.05, 0.1) is 11.8 Å². The van der Waals surface area contributed by atoms with Crippen molar-refractivity contribution in [1.29, 1.82) is 0 Å². The number of aliphatic carboxylic acids is 1. The van der Waals surface area contributed by atoms with Crippen LogP contribution >= 0.6 is 0 Å². The van der Waals surface area contributed by atoms with Crippen molar-refractivity contribution in [1.82, 2.24) is 10.2 Å². The van der Waals surface area contributed by atoms with Crippen LogP contribution in [-0.2, 0) is 14.4 Å². The lowest BCUT2D eigenvalue weighted by molar-refractivity contribution is -0.146.